The van der Waals surface area contributed by atoms with Crippen LogP contribution in [-0.2, 0) is 6.54 Å². The lowest BCUT2D eigenvalue weighted by molar-refractivity contribution is 0.0425. The van der Waals surface area contributed by atoms with Gasteiger partial charge in [-0.15, -0.1) is 0 Å². The predicted molar refractivity (Wildman–Crippen MR) is 119 cm³/mol. The van der Waals surface area contributed by atoms with Gasteiger partial charge in [0.25, 0.3) is 5.56 Å². The molecule has 29 heavy (non-hydrogen) atoms. The Kier molecular flexibility index (Phi) is 4.74. The molecule has 3 aromatic rings. The summed E-state index contributed by atoms with van der Waals surface area (Å²) in [5.74, 6) is 0.289. The number of aromatic nitrogens is 2. The Morgan fingerprint density at radius 3 is 2.69 bits per heavy atom. The maximum absolute atomic E-state index is 13.2. The SMILES string of the molecule is [B]C([B])(Oc1cc2c(=O)n(CC)c3c(C)nccc3c2cc1Cl)C1(C)CC(C)N1. The van der Waals surface area contributed by atoms with Crippen molar-refractivity contribution in [1.29, 1.82) is 0 Å². The van der Waals surface area contributed by atoms with Crippen molar-refractivity contribution in [2.24, 2.45) is 0 Å². The maximum Gasteiger partial charge on any atom is 0.259 e. The van der Waals surface area contributed by atoms with E-state index in [1.54, 1.807) is 22.9 Å². The van der Waals surface area contributed by atoms with Crippen molar-refractivity contribution < 1.29 is 4.74 Å². The van der Waals surface area contributed by atoms with E-state index in [4.69, 9.17) is 32.0 Å². The standard InChI is InChI=1S/C21H22B2ClN3O2/c1-5-27-18-12(3)25-7-6-13(18)14-8-16(24)17(9-15(14)19(27)28)29-21(22,23)20(4)10-11(2)26-20/h6-9,11,26H,5,10H2,1-4H3. The van der Waals surface area contributed by atoms with Crippen molar-refractivity contribution in [1.82, 2.24) is 14.9 Å². The zero-order valence-electron chi connectivity index (χ0n) is 17.0. The van der Waals surface area contributed by atoms with Crippen LogP contribution in [0.4, 0.5) is 0 Å². The maximum atomic E-state index is 13.2. The summed E-state index contributed by atoms with van der Waals surface area (Å²) in [5, 5.41) is 4.32. The number of ether oxygens (including phenoxy) is 1. The van der Waals surface area contributed by atoms with Gasteiger partial charge in [0.15, 0.2) is 0 Å². The first-order chi connectivity index (χ1) is 13.6. The highest BCUT2D eigenvalue weighted by molar-refractivity contribution is 6.40. The molecule has 1 aromatic carbocycles. The van der Waals surface area contributed by atoms with E-state index in [2.05, 4.69) is 17.2 Å². The molecule has 8 heteroatoms. The second kappa shape index (κ2) is 6.78. The normalized spacial score (nSPS) is 22.0. The van der Waals surface area contributed by atoms with Gasteiger partial charge in [0.05, 0.1) is 21.6 Å². The summed E-state index contributed by atoms with van der Waals surface area (Å²) in [6.07, 6.45) is 2.50. The molecule has 1 N–H and O–H groups in total. The van der Waals surface area contributed by atoms with Gasteiger partial charge in [-0.1, -0.05) is 11.6 Å². The van der Waals surface area contributed by atoms with Crippen LogP contribution in [-0.4, -0.2) is 42.2 Å². The number of benzene rings is 1. The van der Waals surface area contributed by atoms with Crippen LogP contribution in [0.1, 0.15) is 32.9 Å². The molecule has 3 heterocycles. The predicted octanol–water partition coefficient (Wildman–Crippen LogP) is 3.04. The largest absolute Gasteiger partial charge is 0.503 e. The summed E-state index contributed by atoms with van der Waals surface area (Å²) in [6.45, 7) is 8.31. The molecule has 0 bridgehead atoms. The molecule has 1 saturated heterocycles. The lowest BCUT2D eigenvalue weighted by Gasteiger charge is -2.55. The van der Waals surface area contributed by atoms with Crippen LogP contribution in [0, 0.1) is 6.92 Å². The van der Waals surface area contributed by atoms with Crippen molar-refractivity contribution in [3.63, 3.8) is 0 Å². The van der Waals surface area contributed by atoms with Crippen LogP contribution in [0.3, 0.4) is 0 Å². The lowest BCUT2D eigenvalue weighted by Crippen LogP contribution is -2.74. The van der Waals surface area contributed by atoms with Gasteiger partial charge in [0, 0.05) is 35.1 Å². The van der Waals surface area contributed by atoms with Crippen molar-refractivity contribution >= 4 is 49.0 Å². The number of pyridine rings is 2. The van der Waals surface area contributed by atoms with Gasteiger partial charge in [-0.25, -0.2) is 0 Å². The van der Waals surface area contributed by atoms with Gasteiger partial charge in [0.1, 0.15) is 21.4 Å². The fourth-order valence-electron chi connectivity index (χ4n) is 4.40. The second-order valence-electron chi connectivity index (χ2n) is 8.15. The molecule has 4 rings (SSSR count). The minimum Gasteiger partial charge on any atom is -0.503 e. The molecule has 1 aliphatic heterocycles. The molecule has 146 valence electrons. The van der Waals surface area contributed by atoms with Gasteiger partial charge >= 0.3 is 0 Å². The van der Waals surface area contributed by atoms with E-state index in [1.807, 2.05) is 26.8 Å². The summed E-state index contributed by atoms with van der Waals surface area (Å²) >= 11 is 6.53. The number of fused-ring (bicyclic) bond motifs is 3. The summed E-state index contributed by atoms with van der Waals surface area (Å²) < 4.78 is 7.68. The fourth-order valence-corrected chi connectivity index (χ4v) is 4.60. The quantitative estimate of drug-likeness (QED) is 0.536. The molecule has 2 aromatic heterocycles. The Hall–Kier alpha value is -1.98. The number of halogens is 1. The van der Waals surface area contributed by atoms with E-state index < -0.39 is 10.9 Å². The highest BCUT2D eigenvalue weighted by Crippen LogP contribution is 2.38. The third-order valence-corrected chi connectivity index (χ3v) is 6.25. The highest BCUT2D eigenvalue weighted by atomic mass is 35.5. The molecule has 0 spiro atoms. The smallest absolute Gasteiger partial charge is 0.259 e. The lowest BCUT2D eigenvalue weighted by atomic mass is 9.50. The van der Waals surface area contributed by atoms with E-state index in [1.165, 1.54) is 0 Å². The van der Waals surface area contributed by atoms with Crippen LogP contribution < -0.4 is 15.6 Å². The summed E-state index contributed by atoms with van der Waals surface area (Å²) in [4.78, 5) is 17.6. The third-order valence-electron chi connectivity index (χ3n) is 5.95. The number of nitrogens with one attached hydrogen (secondary N) is 1. The summed E-state index contributed by atoms with van der Waals surface area (Å²) in [7, 11) is 12.6. The van der Waals surface area contributed by atoms with Gasteiger partial charge < -0.3 is 14.6 Å². The monoisotopic (exact) mass is 405 g/mol. The van der Waals surface area contributed by atoms with E-state index in [9.17, 15) is 4.79 Å². The molecule has 5 nitrogen and oxygen atoms in total. The molecule has 0 aliphatic carbocycles. The molecular formula is C21H22B2ClN3O2. The van der Waals surface area contributed by atoms with Gasteiger partial charge in [-0.2, -0.15) is 0 Å². The molecule has 2 atom stereocenters. The van der Waals surface area contributed by atoms with Gasteiger partial charge in [-0.3, -0.25) is 9.78 Å². The Bertz CT molecular complexity index is 1190. The second-order valence-corrected chi connectivity index (χ2v) is 8.55. The first-order valence-electron chi connectivity index (χ1n) is 9.74. The number of hydrogen-bond donors (Lipinski definition) is 1. The zero-order chi connectivity index (χ0) is 21.1. The van der Waals surface area contributed by atoms with E-state index in [0.717, 1.165) is 28.4 Å². The van der Waals surface area contributed by atoms with Crippen molar-refractivity contribution in [2.45, 2.75) is 57.6 Å². The first kappa shape index (κ1) is 20.3. The fraction of sp³-hybridized carbons (Fsp3) is 0.429. The van der Waals surface area contributed by atoms with Crippen molar-refractivity contribution in [3.8, 4) is 5.75 Å². The Balaban J connectivity index is 1.91. The minimum absolute atomic E-state index is 0.131. The molecule has 4 radical (unpaired) electrons. The van der Waals surface area contributed by atoms with Gasteiger partial charge in [0.2, 0.25) is 0 Å². The topological polar surface area (TPSA) is 56.2 Å². The van der Waals surface area contributed by atoms with E-state index in [-0.39, 0.29) is 11.3 Å². The van der Waals surface area contributed by atoms with Crippen molar-refractivity contribution in [2.75, 3.05) is 0 Å². The average molecular weight is 406 g/mol. The van der Waals surface area contributed by atoms with Gasteiger partial charge in [-0.05, 0) is 57.7 Å². The molecule has 0 saturated carbocycles. The molecular weight excluding hydrogens is 383 g/mol. The van der Waals surface area contributed by atoms with Crippen LogP contribution in [0.25, 0.3) is 21.7 Å². The van der Waals surface area contributed by atoms with Crippen LogP contribution in [0.15, 0.2) is 29.2 Å². The number of hydrogen-bond acceptors (Lipinski definition) is 4. The van der Waals surface area contributed by atoms with Crippen LogP contribution >= 0.6 is 11.6 Å². The first-order valence-corrected chi connectivity index (χ1v) is 10.1. The number of nitrogens with zero attached hydrogens (tertiary/aromatic N) is 2. The number of rotatable bonds is 4. The van der Waals surface area contributed by atoms with Crippen LogP contribution in [0.2, 0.25) is 5.02 Å². The Morgan fingerprint density at radius 2 is 2.07 bits per heavy atom. The molecule has 1 aliphatic rings. The molecule has 0 amide bonds. The summed E-state index contributed by atoms with van der Waals surface area (Å²) in [5.41, 5.74) is 0.875. The molecule has 2 unspecified atom stereocenters. The Morgan fingerprint density at radius 1 is 1.38 bits per heavy atom. The highest BCUT2D eigenvalue weighted by Gasteiger charge is 2.49. The molecule has 1 fully saturated rings. The van der Waals surface area contributed by atoms with Crippen molar-refractivity contribution in [3.05, 3.63) is 45.5 Å². The average Bonchev–Trinajstić information content (AvgIpc) is 2.62. The third kappa shape index (κ3) is 3.06. The number of aryl methyl sites for hydroxylation is 2. The minimum atomic E-state index is -1.49. The van der Waals surface area contributed by atoms with E-state index in [0.29, 0.717) is 23.0 Å². The zero-order valence-corrected chi connectivity index (χ0v) is 17.8. The Labute approximate surface area is 177 Å². The summed E-state index contributed by atoms with van der Waals surface area (Å²) in [6, 6.07) is 5.58. The van der Waals surface area contributed by atoms with E-state index >= 15 is 0 Å². The van der Waals surface area contributed by atoms with Crippen LogP contribution in [0.5, 0.6) is 5.75 Å².